The summed E-state index contributed by atoms with van der Waals surface area (Å²) < 4.78 is 85.9. The van der Waals surface area contributed by atoms with Crippen LogP contribution in [0.3, 0.4) is 0 Å². The van der Waals surface area contributed by atoms with E-state index in [1.165, 1.54) is 23.1 Å². The summed E-state index contributed by atoms with van der Waals surface area (Å²) in [5, 5.41) is 7.79. The van der Waals surface area contributed by atoms with Crippen LogP contribution in [0.5, 0.6) is 0 Å². The van der Waals surface area contributed by atoms with Gasteiger partial charge in [0.15, 0.2) is 11.6 Å². The molecule has 38 heavy (non-hydrogen) atoms. The van der Waals surface area contributed by atoms with Gasteiger partial charge in [-0.25, -0.2) is 9.97 Å². The van der Waals surface area contributed by atoms with Crippen LogP contribution in [0.25, 0.3) is 34.0 Å². The molecule has 0 bridgehead atoms. The van der Waals surface area contributed by atoms with Crippen LogP contribution in [0.2, 0.25) is 0 Å². The summed E-state index contributed by atoms with van der Waals surface area (Å²) in [7, 11) is 0. The highest BCUT2D eigenvalue weighted by Crippen LogP contribution is 2.40. The highest BCUT2D eigenvalue weighted by atomic mass is 19.4. The Morgan fingerprint density at radius 1 is 0.895 bits per heavy atom. The van der Waals surface area contributed by atoms with Crippen molar-refractivity contribution in [3.63, 3.8) is 0 Å². The van der Waals surface area contributed by atoms with Crippen LogP contribution in [0.1, 0.15) is 27.2 Å². The largest absolute Gasteiger partial charge is 0.417 e. The Morgan fingerprint density at radius 2 is 1.63 bits per heavy atom. The molecule has 2 aromatic carbocycles. The molecule has 3 heterocycles. The van der Waals surface area contributed by atoms with Gasteiger partial charge in [-0.1, -0.05) is 29.4 Å². The Kier molecular flexibility index (Phi) is 5.88. The fraction of sp³-hybridized carbons (Fsp3) is 0.125. The zero-order valence-corrected chi connectivity index (χ0v) is 18.9. The molecule has 5 rings (SSSR count). The molecule has 0 fully saturated rings. The second-order valence-electron chi connectivity index (χ2n) is 8.13. The Morgan fingerprint density at radius 3 is 2.34 bits per heavy atom. The molecule has 0 unspecified atom stereocenters. The Bertz CT molecular complexity index is 1620. The number of benzene rings is 2. The van der Waals surface area contributed by atoms with Crippen molar-refractivity contribution in [1.29, 1.82) is 0 Å². The number of fused-ring (bicyclic) bond motifs is 1. The van der Waals surface area contributed by atoms with E-state index in [1.54, 1.807) is 24.3 Å². The predicted molar refractivity (Wildman–Crippen MR) is 119 cm³/mol. The van der Waals surface area contributed by atoms with E-state index in [0.29, 0.717) is 29.1 Å². The van der Waals surface area contributed by atoms with Crippen LogP contribution < -0.4 is 5.73 Å². The first-order valence-electron chi connectivity index (χ1n) is 10.7. The van der Waals surface area contributed by atoms with Crippen molar-refractivity contribution >= 4 is 5.91 Å². The monoisotopic (exact) mass is 532 g/mol. The second-order valence-corrected chi connectivity index (χ2v) is 8.13. The molecule has 0 saturated heterocycles. The number of hydrogen-bond acceptors (Lipinski definition) is 6. The first-order chi connectivity index (χ1) is 17.9. The number of aromatic nitrogens is 5. The van der Waals surface area contributed by atoms with Crippen LogP contribution in [-0.4, -0.2) is 30.8 Å². The first kappa shape index (κ1) is 24.9. The van der Waals surface area contributed by atoms with Gasteiger partial charge in [0.2, 0.25) is 5.91 Å². The molecular formula is C24H14F6N6O2. The van der Waals surface area contributed by atoms with Gasteiger partial charge in [0.05, 0.1) is 29.1 Å². The number of primary amides is 1. The minimum Gasteiger partial charge on any atom is -0.366 e. The van der Waals surface area contributed by atoms with Crippen molar-refractivity contribution in [2.75, 3.05) is 0 Å². The summed E-state index contributed by atoms with van der Waals surface area (Å²) in [6, 6.07) is 9.00. The lowest BCUT2D eigenvalue weighted by molar-refractivity contribution is -0.142. The molecule has 0 radical (unpaired) electrons. The number of rotatable bonds is 5. The molecule has 3 aromatic rings. The Hall–Kier alpha value is -4.75. The lowest BCUT2D eigenvalue weighted by Crippen LogP contribution is -2.12. The molecule has 1 amide bonds. The number of halogens is 6. The van der Waals surface area contributed by atoms with Crippen molar-refractivity contribution in [3.05, 3.63) is 83.4 Å². The van der Waals surface area contributed by atoms with Crippen molar-refractivity contribution < 1.29 is 35.7 Å². The van der Waals surface area contributed by atoms with Crippen LogP contribution in [0.15, 0.2) is 65.4 Å². The molecule has 2 aliphatic rings. The average Bonchev–Trinajstić information content (AvgIpc) is 3.49. The topological polar surface area (TPSA) is 113 Å². The van der Waals surface area contributed by atoms with Crippen molar-refractivity contribution in [1.82, 2.24) is 24.9 Å². The lowest BCUT2D eigenvalue weighted by atomic mass is 10.0. The van der Waals surface area contributed by atoms with E-state index in [2.05, 4.69) is 20.2 Å². The summed E-state index contributed by atoms with van der Waals surface area (Å²) in [6.07, 6.45) is -7.11. The molecule has 0 aliphatic carbocycles. The van der Waals surface area contributed by atoms with Crippen LogP contribution in [0.4, 0.5) is 26.3 Å². The van der Waals surface area contributed by atoms with Crippen LogP contribution in [0, 0.1) is 0 Å². The molecule has 0 saturated carbocycles. The fourth-order valence-electron chi connectivity index (χ4n) is 3.81. The average molecular weight is 532 g/mol. The summed E-state index contributed by atoms with van der Waals surface area (Å²) in [5.74, 6) is -0.313. The Balaban J connectivity index is 1.44. The van der Waals surface area contributed by atoms with Crippen molar-refractivity contribution in [2.45, 2.75) is 18.9 Å². The number of imidazole rings is 1. The van der Waals surface area contributed by atoms with Crippen LogP contribution >= 0.6 is 0 Å². The van der Waals surface area contributed by atoms with Gasteiger partial charge < -0.3 is 10.3 Å². The van der Waals surface area contributed by atoms with Gasteiger partial charge in [0.25, 0.3) is 0 Å². The summed E-state index contributed by atoms with van der Waals surface area (Å²) in [6.45, 7) is -0.0784. The smallest absolute Gasteiger partial charge is 0.366 e. The maximum Gasteiger partial charge on any atom is 0.417 e. The number of carbonyl (C=O) groups is 1. The van der Waals surface area contributed by atoms with E-state index in [4.69, 9.17) is 10.3 Å². The van der Waals surface area contributed by atoms with Gasteiger partial charge in [-0.05, 0) is 18.2 Å². The van der Waals surface area contributed by atoms with E-state index in [9.17, 15) is 31.1 Å². The third kappa shape index (κ3) is 4.79. The quantitative estimate of drug-likeness (QED) is 0.308. The molecule has 2 N–H and O–H groups in total. The number of amides is 1. The number of carbonyl (C=O) groups excluding carboxylic acids is 1. The molecule has 0 atom stereocenters. The number of alkyl halides is 6. The van der Waals surface area contributed by atoms with E-state index < -0.39 is 35.0 Å². The number of nitrogens with two attached hydrogens (primary N) is 1. The molecular weight excluding hydrogens is 518 g/mol. The van der Waals surface area contributed by atoms with Gasteiger partial charge in [-0.15, -0.1) is 0 Å². The van der Waals surface area contributed by atoms with Gasteiger partial charge in [-0.2, -0.15) is 31.4 Å². The fourth-order valence-corrected chi connectivity index (χ4v) is 3.81. The number of nitrogens with zero attached hydrogens (tertiary/aromatic N) is 5. The van der Waals surface area contributed by atoms with Crippen molar-refractivity contribution in [3.8, 4) is 34.0 Å². The normalized spacial score (nSPS) is 12.3. The SMILES string of the molecule is NC(=O)c1ccccc1-c1nc2cnn(Cc3cc(-c4ccc(C(F)(F)F)cc4C(F)(F)F)no3)cc-2n1. The third-order valence-electron chi connectivity index (χ3n) is 5.55. The van der Waals surface area contributed by atoms with E-state index in [-0.39, 0.29) is 35.5 Å². The highest BCUT2D eigenvalue weighted by molar-refractivity contribution is 5.99. The van der Waals surface area contributed by atoms with E-state index in [0.717, 1.165) is 0 Å². The maximum atomic E-state index is 13.5. The molecule has 8 nitrogen and oxygen atoms in total. The minimum atomic E-state index is -5.06. The van der Waals surface area contributed by atoms with Crippen LogP contribution in [-0.2, 0) is 18.9 Å². The zero-order chi connectivity index (χ0) is 27.2. The van der Waals surface area contributed by atoms with Gasteiger partial charge in [-0.3, -0.25) is 9.48 Å². The standard InChI is InChI=1S/C24H14F6N6O2/c25-23(26,27)12-5-6-16(17(7-12)24(28,29)30)18-8-13(38-35-18)10-36-11-20-19(9-32-36)33-22(34-20)15-4-2-1-3-14(15)21(31)37/h1-9,11H,10H2,(H2,31,37). The van der Waals surface area contributed by atoms with Gasteiger partial charge in [0.1, 0.15) is 23.6 Å². The maximum absolute atomic E-state index is 13.5. The Labute approximate surface area is 209 Å². The summed E-state index contributed by atoms with van der Waals surface area (Å²) in [5.41, 5.74) is 3.12. The molecule has 14 heteroatoms. The molecule has 0 spiro atoms. The summed E-state index contributed by atoms with van der Waals surface area (Å²) >= 11 is 0. The number of hydrogen-bond donors (Lipinski definition) is 1. The minimum absolute atomic E-state index is 0.0377. The third-order valence-corrected chi connectivity index (χ3v) is 5.55. The van der Waals surface area contributed by atoms with E-state index >= 15 is 0 Å². The van der Waals surface area contributed by atoms with Gasteiger partial charge >= 0.3 is 12.4 Å². The summed E-state index contributed by atoms with van der Waals surface area (Å²) in [4.78, 5) is 20.5. The van der Waals surface area contributed by atoms with Gasteiger partial charge in [0, 0.05) is 17.2 Å². The predicted octanol–water partition coefficient (Wildman–Crippen LogP) is 5.28. The second kappa shape index (κ2) is 8.97. The first-order valence-corrected chi connectivity index (χ1v) is 10.7. The highest BCUT2D eigenvalue weighted by Gasteiger charge is 2.39. The molecule has 1 aromatic heterocycles. The van der Waals surface area contributed by atoms with Crippen molar-refractivity contribution in [2.24, 2.45) is 5.73 Å². The molecule has 2 aliphatic heterocycles. The lowest BCUT2D eigenvalue weighted by Gasteiger charge is -2.14. The molecule has 194 valence electrons. The van der Waals surface area contributed by atoms with E-state index in [1.807, 2.05) is 0 Å². The zero-order valence-electron chi connectivity index (χ0n) is 18.9.